The summed E-state index contributed by atoms with van der Waals surface area (Å²) in [5.41, 5.74) is 0. The Morgan fingerprint density at radius 3 is 2.46 bits per heavy atom. The van der Waals surface area contributed by atoms with Crippen LogP contribution in [0.2, 0.25) is 0 Å². The minimum absolute atomic E-state index is 0.0876. The van der Waals surface area contributed by atoms with Crippen LogP contribution in [0.5, 0.6) is 0 Å². The molecule has 13 heavy (non-hydrogen) atoms. The maximum atomic E-state index is 11.4. The minimum atomic E-state index is -3.36. The maximum absolute atomic E-state index is 11.4. The van der Waals surface area contributed by atoms with Crippen molar-refractivity contribution in [3.05, 3.63) is 0 Å². The number of aliphatic hydroxyl groups is 1. The number of rotatable bonds is 5. The van der Waals surface area contributed by atoms with Crippen LogP contribution in [-0.4, -0.2) is 44.1 Å². The topological polar surface area (TPSA) is 69.6 Å². The number of aliphatic hydroxyl groups excluding tert-OH is 1. The average Bonchev–Trinajstić information content (AvgIpc) is 2.00. The van der Waals surface area contributed by atoms with Crippen molar-refractivity contribution in [1.29, 1.82) is 0 Å². The maximum Gasteiger partial charge on any atom is 0.279 e. The fraction of sp³-hybridized carbons (Fsp3) is 1.00. The standard InChI is InChI=1S/C7H16N2O3S/c1-8-13(11,12)9(5-6-10)7-3-2-4-7/h7-8,10H,2-6H2,1H3. The highest BCUT2D eigenvalue weighted by Gasteiger charge is 2.32. The van der Waals surface area contributed by atoms with E-state index in [0.29, 0.717) is 0 Å². The molecule has 5 nitrogen and oxygen atoms in total. The van der Waals surface area contributed by atoms with Crippen LogP contribution in [0, 0.1) is 0 Å². The molecule has 78 valence electrons. The number of hydrogen-bond acceptors (Lipinski definition) is 3. The van der Waals surface area contributed by atoms with E-state index in [1.165, 1.54) is 11.4 Å². The van der Waals surface area contributed by atoms with E-state index >= 15 is 0 Å². The Bertz CT molecular complexity index is 248. The molecule has 1 rings (SSSR count). The van der Waals surface area contributed by atoms with Gasteiger partial charge >= 0.3 is 0 Å². The van der Waals surface area contributed by atoms with Crippen molar-refractivity contribution in [2.24, 2.45) is 0 Å². The predicted molar refractivity (Wildman–Crippen MR) is 49.4 cm³/mol. The van der Waals surface area contributed by atoms with E-state index in [2.05, 4.69) is 4.72 Å². The third kappa shape index (κ3) is 2.40. The molecule has 0 aromatic rings. The molecule has 0 radical (unpaired) electrons. The fourth-order valence-corrected chi connectivity index (χ4v) is 2.55. The molecule has 1 saturated carbocycles. The van der Waals surface area contributed by atoms with E-state index in [0.717, 1.165) is 19.3 Å². The van der Waals surface area contributed by atoms with Crippen molar-refractivity contribution < 1.29 is 13.5 Å². The summed E-state index contributed by atoms with van der Waals surface area (Å²) < 4.78 is 26.5. The largest absolute Gasteiger partial charge is 0.395 e. The lowest BCUT2D eigenvalue weighted by molar-refractivity contribution is 0.177. The van der Waals surface area contributed by atoms with E-state index < -0.39 is 10.2 Å². The first-order valence-electron chi connectivity index (χ1n) is 4.43. The number of nitrogens with zero attached hydrogens (tertiary/aromatic N) is 1. The van der Waals surface area contributed by atoms with Gasteiger partial charge in [-0.2, -0.15) is 12.7 Å². The summed E-state index contributed by atoms with van der Waals surface area (Å²) >= 11 is 0. The molecule has 2 N–H and O–H groups in total. The van der Waals surface area contributed by atoms with Crippen molar-refractivity contribution in [3.63, 3.8) is 0 Å². The summed E-state index contributed by atoms with van der Waals surface area (Å²) in [6.07, 6.45) is 2.88. The van der Waals surface area contributed by atoms with Crippen molar-refractivity contribution in [1.82, 2.24) is 9.03 Å². The molecule has 1 aliphatic carbocycles. The minimum Gasteiger partial charge on any atom is -0.395 e. The molecule has 1 aliphatic rings. The second-order valence-electron chi connectivity index (χ2n) is 3.13. The van der Waals surface area contributed by atoms with Crippen LogP contribution in [-0.2, 0) is 10.2 Å². The van der Waals surface area contributed by atoms with Crippen molar-refractivity contribution in [2.45, 2.75) is 25.3 Å². The Balaban J connectivity index is 2.66. The van der Waals surface area contributed by atoms with E-state index in [1.54, 1.807) is 0 Å². The van der Waals surface area contributed by atoms with Gasteiger partial charge in [0.25, 0.3) is 10.2 Å². The Morgan fingerprint density at radius 1 is 1.54 bits per heavy atom. The van der Waals surface area contributed by atoms with Crippen LogP contribution in [0.25, 0.3) is 0 Å². The van der Waals surface area contributed by atoms with Crippen LogP contribution in [0.4, 0.5) is 0 Å². The molecule has 6 heteroatoms. The molecule has 0 saturated heterocycles. The molecule has 1 fully saturated rings. The van der Waals surface area contributed by atoms with Gasteiger partial charge in [-0.1, -0.05) is 6.42 Å². The second kappa shape index (κ2) is 4.36. The molecular formula is C7H16N2O3S. The van der Waals surface area contributed by atoms with E-state index in [4.69, 9.17) is 5.11 Å². The van der Waals surface area contributed by atoms with E-state index in [1.807, 2.05) is 0 Å². The first-order chi connectivity index (χ1) is 6.11. The molecule has 0 aliphatic heterocycles. The van der Waals surface area contributed by atoms with Crippen LogP contribution in [0.15, 0.2) is 0 Å². The zero-order valence-corrected chi connectivity index (χ0v) is 8.55. The summed E-state index contributed by atoms with van der Waals surface area (Å²) in [6.45, 7) is 0.0608. The lowest BCUT2D eigenvalue weighted by Crippen LogP contribution is -2.49. The van der Waals surface area contributed by atoms with Gasteiger partial charge in [0.2, 0.25) is 0 Å². The van der Waals surface area contributed by atoms with E-state index in [9.17, 15) is 8.42 Å². The molecule has 0 amide bonds. The summed E-state index contributed by atoms with van der Waals surface area (Å²) in [5.74, 6) is 0. The predicted octanol–water partition coefficient (Wildman–Crippen LogP) is -0.703. The molecule has 0 spiro atoms. The van der Waals surface area contributed by atoms with E-state index in [-0.39, 0.29) is 19.2 Å². The summed E-state index contributed by atoms with van der Waals surface area (Å²) in [5, 5.41) is 8.73. The zero-order chi connectivity index (χ0) is 9.90. The first-order valence-corrected chi connectivity index (χ1v) is 5.87. The van der Waals surface area contributed by atoms with Crippen molar-refractivity contribution in [2.75, 3.05) is 20.2 Å². The van der Waals surface area contributed by atoms with Gasteiger partial charge in [0.05, 0.1) is 6.61 Å². The van der Waals surface area contributed by atoms with Crippen LogP contribution < -0.4 is 4.72 Å². The highest BCUT2D eigenvalue weighted by Crippen LogP contribution is 2.25. The summed E-state index contributed by atoms with van der Waals surface area (Å²) in [6, 6.07) is 0.0876. The van der Waals surface area contributed by atoms with Gasteiger partial charge in [-0.25, -0.2) is 4.72 Å². The highest BCUT2D eigenvalue weighted by molar-refractivity contribution is 7.87. The molecule has 0 aromatic heterocycles. The number of nitrogens with one attached hydrogen (secondary N) is 1. The Labute approximate surface area is 78.9 Å². The van der Waals surface area contributed by atoms with Crippen LogP contribution >= 0.6 is 0 Å². The molecular weight excluding hydrogens is 192 g/mol. The van der Waals surface area contributed by atoms with Gasteiger partial charge in [-0.3, -0.25) is 0 Å². The average molecular weight is 208 g/mol. The van der Waals surface area contributed by atoms with Gasteiger partial charge in [0.1, 0.15) is 0 Å². The first kappa shape index (κ1) is 10.9. The Kier molecular flexibility index (Phi) is 3.66. The summed E-state index contributed by atoms with van der Waals surface area (Å²) in [7, 11) is -1.97. The van der Waals surface area contributed by atoms with Gasteiger partial charge in [0.15, 0.2) is 0 Å². The fourth-order valence-electron chi connectivity index (χ4n) is 1.39. The van der Waals surface area contributed by atoms with Gasteiger partial charge < -0.3 is 5.11 Å². The smallest absolute Gasteiger partial charge is 0.279 e. The molecule has 0 aromatic carbocycles. The number of hydrogen-bond donors (Lipinski definition) is 2. The Morgan fingerprint density at radius 2 is 2.15 bits per heavy atom. The van der Waals surface area contributed by atoms with Crippen LogP contribution in [0.1, 0.15) is 19.3 Å². The molecule has 0 bridgehead atoms. The second-order valence-corrected chi connectivity index (χ2v) is 4.96. The summed E-state index contributed by atoms with van der Waals surface area (Å²) in [4.78, 5) is 0. The monoisotopic (exact) mass is 208 g/mol. The van der Waals surface area contributed by atoms with Gasteiger partial charge in [-0.05, 0) is 12.8 Å². The molecule has 0 atom stereocenters. The van der Waals surface area contributed by atoms with Crippen molar-refractivity contribution >= 4 is 10.2 Å². The Hall–Kier alpha value is -0.170. The SMILES string of the molecule is CNS(=O)(=O)N(CCO)C1CCC1. The van der Waals surface area contributed by atoms with Gasteiger partial charge in [-0.15, -0.1) is 0 Å². The van der Waals surface area contributed by atoms with Crippen LogP contribution in [0.3, 0.4) is 0 Å². The van der Waals surface area contributed by atoms with Crippen molar-refractivity contribution in [3.8, 4) is 0 Å². The highest BCUT2D eigenvalue weighted by atomic mass is 32.2. The molecule has 0 heterocycles. The third-order valence-corrected chi connectivity index (χ3v) is 3.98. The normalized spacial score (nSPS) is 19.0. The quantitative estimate of drug-likeness (QED) is 0.627. The molecule has 0 unspecified atom stereocenters. The zero-order valence-electron chi connectivity index (χ0n) is 7.73. The third-order valence-electron chi connectivity index (χ3n) is 2.37. The van der Waals surface area contributed by atoms with Gasteiger partial charge in [0, 0.05) is 19.6 Å². The lowest BCUT2D eigenvalue weighted by Gasteiger charge is -2.35. The lowest BCUT2D eigenvalue weighted by atomic mass is 9.93.